The van der Waals surface area contributed by atoms with Gasteiger partial charge in [-0.25, -0.2) is 15.0 Å². The van der Waals surface area contributed by atoms with E-state index in [1.165, 1.54) is 4.90 Å². The molecule has 0 aliphatic heterocycles. The number of carbonyl (C=O) groups is 1. The number of halogens is 1. The van der Waals surface area contributed by atoms with Gasteiger partial charge in [-0.05, 0) is 30.3 Å². The van der Waals surface area contributed by atoms with Crippen molar-refractivity contribution in [3.05, 3.63) is 78.2 Å². The number of anilines is 1. The lowest BCUT2D eigenvalue weighted by molar-refractivity contribution is 0.0987. The Kier molecular flexibility index (Phi) is 4.25. The van der Waals surface area contributed by atoms with Crippen LogP contribution in [0.15, 0.2) is 67.4 Å². The van der Waals surface area contributed by atoms with Gasteiger partial charge in [-0.1, -0.05) is 17.7 Å². The van der Waals surface area contributed by atoms with Crippen molar-refractivity contribution in [2.75, 3.05) is 11.9 Å². The maximum atomic E-state index is 13.0. The predicted molar refractivity (Wildman–Crippen MR) is 117 cm³/mol. The minimum absolute atomic E-state index is 0.251. The molecule has 30 heavy (non-hydrogen) atoms. The van der Waals surface area contributed by atoms with Gasteiger partial charge in [0.2, 0.25) is 0 Å². The number of pyridine rings is 1. The number of hydrogen-bond donors (Lipinski definition) is 0. The molecule has 0 aliphatic rings. The van der Waals surface area contributed by atoms with Crippen molar-refractivity contribution in [3.8, 4) is 11.3 Å². The number of hydrogen-bond acceptors (Lipinski definition) is 4. The number of amides is 1. The molecule has 0 spiro atoms. The van der Waals surface area contributed by atoms with Crippen molar-refractivity contribution in [1.29, 1.82) is 0 Å². The van der Waals surface area contributed by atoms with Gasteiger partial charge in [-0.15, -0.1) is 0 Å². The van der Waals surface area contributed by atoms with Crippen molar-refractivity contribution in [2.24, 2.45) is 7.05 Å². The summed E-state index contributed by atoms with van der Waals surface area (Å²) in [5, 5.41) is 1.52. The third-order valence-electron chi connectivity index (χ3n) is 5.20. The molecule has 0 unspecified atom stereocenters. The second-order valence-corrected chi connectivity index (χ2v) is 7.43. The summed E-state index contributed by atoms with van der Waals surface area (Å²) >= 11 is 5.84. The maximum Gasteiger partial charge on any atom is 0.278 e. The maximum absolute atomic E-state index is 13.0. The molecule has 0 atom stereocenters. The Morgan fingerprint density at radius 1 is 1.03 bits per heavy atom. The largest absolute Gasteiger partial charge is 0.351 e. The normalized spacial score (nSPS) is 11.3. The highest BCUT2D eigenvalue weighted by Crippen LogP contribution is 2.26. The molecule has 0 saturated heterocycles. The molecule has 4 aromatic heterocycles. The molecule has 0 bridgehead atoms. The van der Waals surface area contributed by atoms with Gasteiger partial charge in [-0.3, -0.25) is 9.20 Å². The van der Waals surface area contributed by atoms with E-state index in [1.54, 1.807) is 44.0 Å². The van der Waals surface area contributed by atoms with Crippen molar-refractivity contribution in [1.82, 2.24) is 23.9 Å². The van der Waals surface area contributed by atoms with E-state index in [4.69, 9.17) is 11.6 Å². The van der Waals surface area contributed by atoms with Crippen LogP contribution in [0.5, 0.6) is 0 Å². The summed E-state index contributed by atoms with van der Waals surface area (Å²) in [4.78, 5) is 27.3. The first kappa shape index (κ1) is 18.3. The second-order valence-electron chi connectivity index (χ2n) is 7.05. The highest BCUT2D eigenvalue weighted by atomic mass is 35.5. The highest BCUT2D eigenvalue weighted by Gasteiger charge is 2.17. The van der Waals surface area contributed by atoms with Crippen LogP contribution in [0.4, 0.5) is 5.69 Å². The number of benzene rings is 1. The summed E-state index contributed by atoms with van der Waals surface area (Å²) < 4.78 is 3.97. The SMILES string of the molecule is CN(C(=O)c1cn2c(-c3ccc4c(ccn4C)c3)cnc2cn1)c1ccc(Cl)nc1. The topological polar surface area (TPSA) is 68.3 Å². The molecule has 5 rings (SSSR count). The summed E-state index contributed by atoms with van der Waals surface area (Å²) in [7, 11) is 3.70. The molecule has 5 aromatic rings. The Morgan fingerprint density at radius 3 is 2.70 bits per heavy atom. The van der Waals surface area contributed by atoms with Crippen molar-refractivity contribution in [3.63, 3.8) is 0 Å². The Balaban J connectivity index is 1.55. The second kappa shape index (κ2) is 6.96. The van der Waals surface area contributed by atoms with Gasteiger partial charge in [0.25, 0.3) is 5.91 Å². The number of fused-ring (bicyclic) bond motifs is 2. The molecule has 7 nitrogen and oxygen atoms in total. The van der Waals surface area contributed by atoms with E-state index in [2.05, 4.69) is 43.8 Å². The zero-order valence-corrected chi connectivity index (χ0v) is 17.1. The van der Waals surface area contributed by atoms with Gasteiger partial charge in [0.1, 0.15) is 10.8 Å². The van der Waals surface area contributed by atoms with E-state index in [0.717, 1.165) is 22.2 Å². The number of aromatic nitrogens is 5. The zero-order chi connectivity index (χ0) is 20.8. The number of carbonyl (C=O) groups excluding carboxylic acids is 1. The number of imidazole rings is 1. The molecule has 0 aliphatic carbocycles. The lowest BCUT2D eigenvalue weighted by Crippen LogP contribution is -2.27. The predicted octanol–water partition coefficient (Wildman–Crippen LogP) is 4.21. The quantitative estimate of drug-likeness (QED) is 0.413. The van der Waals surface area contributed by atoms with Crippen molar-refractivity contribution >= 4 is 39.7 Å². The third-order valence-corrected chi connectivity index (χ3v) is 5.42. The minimum atomic E-state index is -0.251. The van der Waals surface area contributed by atoms with E-state index < -0.39 is 0 Å². The van der Waals surface area contributed by atoms with Crippen molar-refractivity contribution in [2.45, 2.75) is 0 Å². The van der Waals surface area contributed by atoms with E-state index in [-0.39, 0.29) is 5.91 Å². The van der Waals surface area contributed by atoms with Crippen LogP contribution in [0.3, 0.4) is 0 Å². The van der Waals surface area contributed by atoms with Gasteiger partial charge in [0.05, 0.1) is 30.0 Å². The summed E-state index contributed by atoms with van der Waals surface area (Å²) in [5.74, 6) is -0.251. The zero-order valence-electron chi connectivity index (χ0n) is 16.3. The molecular weight excluding hydrogens is 400 g/mol. The average molecular weight is 417 g/mol. The smallest absolute Gasteiger partial charge is 0.278 e. The minimum Gasteiger partial charge on any atom is -0.351 e. The fourth-order valence-corrected chi connectivity index (χ4v) is 3.62. The van der Waals surface area contributed by atoms with E-state index in [0.29, 0.717) is 22.2 Å². The lowest BCUT2D eigenvalue weighted by atomic mass is 10.1. The summed E-state index contributed by atoms with van der Waals surface area (Å²) in [6.07, 6.45) is 8.70. The van der Waals surface area contributed by atoms with Gasteiger partial charge < -0.3 is 9.47 Å². The molecule has 1 aromatic carbocycles. The number of nitrogens with zero attached hydrogens (tertiary/aromatic N) is 6. The molecule has 0 N–H and O–H groups in total. The number of aryl methyl sites for hydroxylation is 1. The molecule has 0 fully saturated rings. The average Bonchev–Trinajstić information content (AvgIpc) is 3.36. The van der Waals surface area contributed by atoms with Gasteiger partial charge >= 0.3 is 0 Å². The van der Waals surface area contributed by atoms with Crippen LogP contribution in [0.25, 0.3) is 27.8 Å². The first-order valence-electron chi connectivity index (χ1n) is 9.29. The van der Waals surface area contributed by atoms with Crippen LogP contribution in [0, 0.1) is 0 Å². The van der Waals surface area contributed by atoms with Crippen LogP contribution in [-0.2, 0) is 7.05 Å². The molecule has 8 heteroatoms. The standard InChI is InChI=1S/C22H17ClN6O/c1-27-8-7-15-9-14(3-5-18(15)27)19-11-26-21-12-24-17(13-29(19)21)22(30)28(2)16-4-6-20(23)25-10-16/h3-13H,1-2H3. The Bertz CT molecular complexity index is 1400. The summed E-state index contributed by atoms with van der Waals surface area (Å²) in [6, 6.07) is 11.7. The molecule has 148 valence electrons. The van der Waals surface area contributed by atoms with Crippen LogP contribution in [0.1, 0.15) is 10.5 Å². The molecular formula is C22H17ClN6O. The first-order chi connectivity index (χ1) is 14.5. The van der Waals surface area contributed by atoms with Crippen LogP contribution < -0.4 is 4.90 Å². The number of rotatable bonds is 3. The van der Waals surface area contributed by atoms with Crippen LogP contribution in [0.2, 0.25) is 5.15 Å². The van der Waals surface area contributed by atoms with Crippen LogP contribution in [-0.4, -0.2) is 36.9 Å². The van der Waals surface area contributed by atoms with E-state index >= 15 is 0 Å². The Hall–Kier alpha value is -3.71. The van der Waals surface area contributed by atoms with Crippen LogP contribution >= 0.6 is 11.6 Å². The molecule has 4 heterocycles. The lowest BCUT2D eigenvalue weighted by Gasteiger charge is -2.16. The fraction of sp³-hybridized carbons (Fsp3) is 0.0909. The summed E-state index contributed by atoms with van der Waals surface area (Å²) in [5.41, 5.74) is 4.67. The van der Waals surface area contributed by atoms with Crippen molar-refractivity contribution < 1.29 is 4.79 Å². The Morgan fingerprint density at radius 2 is 1.90 bits per heavy atom. The van der Waals surface area contributed by atoms with E-state index in [9.17, 15) is 4.79 Å². The first-order valence-corrected chi connectivity index (χ1v) is 9.67. The Labute approximate surface area is 177 Å². The van der Waals surface area contributed by atoms with Gasteiger partial charge in [0, 0.05) is 43.0 Å². The fourth-order valence-electron chi connectivity index (χ4n) is 3.51. The molecule has 0 saturated carbocycles. The van der Waals surface area contributed by atoms with E-state index in [1.807, 2.05) is 17.6 Å². The highest BCUT2D eigenvalue weighted by molar-refractivity contribution is 6.29. The third kappa shape index (κ3) is 3.00. The van der Waals surface area contributed by atoms with Gasteiger partial charge in [0.15, 0.2) is 5.65 Å². The summed E-state index contributed by atoms with van der Waals surface area (Å²) in [6.45, 7) is 0. The van der Waals surface area contributed by atoms with Gasteiger partial charge in [-0.2, -0.15) is 0 Å². The molecule has 1 amide bonds. The monoisotopic (exact) mass is 416 g/mol. The molecule has 0 radical (unpaired) electrons.